The number of methoxy groups -OCH3 is 1. The molecule has 1 amide bonds. The van der Waals surface area contributed by atoms with Gasteiger partial charge < -0.3 is 14.7 Å². The summed E-state index contributed by atoms with van der Waals surface area (Å²) in [5.41, 5.74) is 0. The summed E-state index contributed by atoms with van der Waals surface area (Å²) in [6.45, 7) is 0.608. The summed E-state index contributed by atoms with van der Waals surface area (Å²) in [6, 6.07) is 0. The van der Waals surface area contributed by atoms with Gasteiger partial charge in [0.25, 0.3) is 0 Å². The van der Waals surface area contributed by atoms with E-state index in [-0.39, 0.29) is 18.8 Å². The van der Waals surface area contributed by atoms with Gasteiger partial charge in [0.1, 0.15) is 0 Å². The SMILES string of the molecule is COCCCS(=O)(=O)NCC(=O)N1CCCC(C(=O)O)C1. The Kier molecular flexibility index (Phi) is 7.06. The predicted molar refractivity (Wildman–Crippen MR) is 75.2 cm³/mol. The molecule has 21 heavy (non-hydrogen) atoms. The predicted octanol–water partition coefficient (Wildman–Crippen LogP) is -0.734. The number of ether oxygens (including phenoxy) is 1. The van der Waals surface area contributed by atoms with Gasteiger partial charge in [0.15, 0.2) is 0 Å². The van der Waals surface area contributed by atoms with Crippen molar-refractivity contribution in [2.24, 2.45) is 5.92 Å². The van der Waals surface area contributed by atoms with E-state index in [1.807, 2.05) is 0 Å². The molecule has 2 N–H and O–H groups in total. The maximum Gasteiger partial charge on any atom is 0.308 e. The normalized spacial score (nSPS) is 19.5. The number of carboxylic acid groups (broad SMARTS) is 1. The van der Waals surface area contributed by atoms with E-state index in [0.717, 1.165) is 0 Å². The van der Waals surface area contributed by atoms with Gasteiger partial charge >= 0.3 is 5.97 Å². The lowest BCUT2D eigenvalue weighted by Gasteiger charge is -2.30. The third-order valence-corrected chi connectivity index (χ3v) is 4.74. The average Bonchev–Trinajstić information content (AvgIpc) is 2.45. The van der Waals surface area contributed by atoms with Crippen LogP contribution in [0, 0.1) is 5.92 Å². The van der Waals surface area contributed by atoms with Crippen LogP contribution < -0.4 is 4.72 Å². The Morgan fingerprint density at radius 2 is 2.14 bits per heavy atom. The van der Waals surface area contributed by atoms with Crippen LogP contribution in [0.25, 0.3) is 0 Å². The minimum absolute atomic E-state index is 0.105. The second kappa shape index (κ2) is 8.30. The van der Waals surface area contributed by atoms with Crippen molar-refractivity contribution in [1.29, 1.82) is 0 Å². The zero-order chi connectivity index (χ0) is 15.9. The smallest absolute Gasteiger partial charge is 0.308 e. The molecule has 1 aliphatic rings. The topological polar surface area (TPSA) is 113 Å². The molecule has 9 heteroatoms. The zero-order valence-corrected chi connectivity index (χ0v) is 12.9. The van der Waals surface area contributed by atoms with Gasteiger partial charge in [-0.3, -0.25) is 9.59 Å². The van der Waals surface area contributed by atoms with E-state index in [9.17, 15) is 18.0 Å². The summed E-state index contributed by atoms with van der Waals surface area (Å²) in [5.74, 6) is -1.99. The molecule has 1 aliphatic heterocycles. The number of nitrogens with zero attached hydrogens (tertiary/aromatic N) is 1. The lowest BCUT2D eigenvalue weighted by molar-refractivity contribution is -0.145. The number of piperidine rings is 1. The van der Waals surface area contributed by atoms with Crippen molar-refractivity contribution in [3.63, 3.8) is 0 Å². The molecule has 0 spiro atoms. The summed E-state index contributed by atoms with van der Waals surface area (Å²) < 4.78 is 30.3. The maximum absolute atomic E-state index is 11.9. The highest BCUT2D eigenvalue weighted by atomic mass is 32.2. The van der Waals surface area contributed by atoms with Crippen molar-refractivity contribution in [2.75, 3.05) is 39.1 Å². The monoisotopic (exact) mass is 322 g/mol. The Morgan fingerprint density at radius 1 is 1.43 bits per heavy atom. The number of hydrogen-bond donors (Lipinski definition) is 2. The molecule has 0 saturated carbocycles. The first-order valence-electron chi connectivity index (χ1n) is 6.82. The first-order chi connectivity index (χ1) is 9.85. The van der Waals surface area contributed by atoms with Crippen molar-refractivity contribution in [3.8, 4) is 0 Å². The Labute approximate surface area is 124 Å². The molecule has 0 aromatic rings. The van der Waals surface area contributed by atoms with E-state index in [2.05, 4.69) is 4.72 Å². The Balaban J connectivity index is 2.40. The molecular weight excluding hydrogens is 300 g/mol. The lowest BCUT2D eigenvalue weighted by Crippen LogP contribution is -2.46. The maximum atomic E-state index is 11.9. The number of likely N-dealkylation sites (tertiary alicyclic amines) is 1. The number of hydrogen-bond acceptors (Lipinski definition) is 5. The van der Waals surface area contributed by atoms with Gasteiger partial charge in [0, 0.05) is 26.8 Å². The van der Waals surface area contributed by atoms with Crippen LogP contribution in [0.2, 0.25) is 0 Å². The van der Waals surface area contributed by atoms with Gasteiger partial charge in [-0.2, -0.15) is 0 Å². The molecule has 1 rings (SSSR count). The van der Waals surface area contributed by atoms with Gasteiger partial charge in [-0.15, -0.1) is 0 Å². The van der Waals surface area contributed by atoms with Crippen LogP contribution in [0.3, 0.4) is 0 Å². The molecule has 1 unspecified atom stereocenters. The zero-order valence-electron chi connectivity index (χ0n) is 12.1. The van der Waals surface area contributed by atoms with Crippen molar-refractivity contribution in [2.45, 2.75) is 19.3 Å². The minimum atomic E-state index is -3.51. The van der Waals surface area contributed by atoms with E-state index in [4.69, 9.17) is 9.84 Å². The summed E-state index contributed by atoms with van der Waals surface area (Å²) in [4.78, 5) is 24.3. The van der Waals surface area contributed by atoms with Crippen molar-refractivity contribution in [3.05, 3.63) is 0 Å². The minimum Gasteiger partial charge on any atom is -0.481 e. The molecule has 1 heterocycles. The fourth-order valence-corrected chi connectivity index (χ4v) is 3.14. The third kappa shape index (κ3) is 6.40. The summed E-state index contributed by atoms with van der Waals surface area (Å²) >= 11 is 0. The summed E-state index contributed by atoms with van der Waals surface area (Å²) in [7, 11) is -2.03. The molecule has 1 fully saturated rings. The number of carbonyl (C=O) groups is 2. The van der Waals surface area contributed by atoms with E-state index in [1.54, 1.807) is 0 Å². The van der Waals surface area contributed by atoms with Crippen LogP contribution in [0.5, 0.6) is 0 Å². The highest BCUT2D eigenvalue weighted by Crippen LogP contribution is 2.16. The number of aliphatic carboxylic acids is 1. The first-order valence-corrected chi connectivity index (χ1v) is 8.48. The molecule has 0 bridgehead atoms. The van der Waals surface area contributed by atoms with Crippen LogP contribution in [0.15, 0.2) is 0 Å². The highest BCUT2D eigenvalue weighted by molar-refractivity contribution is 7.89. The Morgan fingerprint density at radius 3 is 2.76 bits per heavy atom. The molecule has 8 nitrogen and oxygen atoms in total. The number of sulfonamides is 1. The highest BCUT2D eigenvalue weighted by Gasteiger charge is 2.28. The second-order valence-electron chi connectivity index (χ2n) is 5.00. The first kappa shape index (κ1) is 17.9. The van der Waals surface area contributed by atoms with Gasteiger partial charge in [-0.05, 0) is 19.3 Å². The summed E-state index contributed by atoms with van der Waals surface area (Å²) in [6.07, 6.45) is 1.51. The van der Waals surface area contributed by atoms with Crippen LogP contribution in [0.1, 0.15) is 19.3 Å². The van der Waals surface area contributed by atoms with Crippen LogP contribution in [0.4, 0.5) is 0 Å². The summed E-state index contributed by atoms with van der Waals surface area (Å²) in [5, 5.41) is 8.96. The Hall–Kier alpha value is -1.19. The number of nitrogens with one attached hydrogen (secondary N) is 1. The molecule has 0 aromatic heterocycles. The third-order valence-electron chi connectivity index (χ3n) is 3.33. The molecule has 122 valence electrons. The second-order valence-corrected chi connectivity index (χ2v) is 6.93. The number of rotatable bonds is 8. The lowest BCUT2D eigenvalue weighted by atomic mass is 9.98. The van der Waals surface area contributed by atoms with Gasteiger partial charge in [-0.1, -0.05) is 0 Å². The van der Waals surface area contributed by atoms with Crippen molar-refractivity contribution in [1.82, 2.24) is 9.62 Å². The fraction of sp³-hybridized carbons (Fsp3) is 0.833. The van der Waals surface area contributed by atoms with E-state index in [0.29, 0.717) is 32.4 Å². The van der Waals surface area contributed by atoms with Crippen LogP contribution in [-0.2, 0) is 24.3 Å². The number of carboxylic acids is 1. The van der Waals surface area contributed by atoms with Crippen LogP contribution >= 0.6 is 0 Å². The van der Waals surface area contributed by atoms with Crippen LogP contribution in [-0.4, -0.2) is 69.4 Å². The molecule has 0 radical (unpaired) electrons. The van der Waals surface area contributed by atoms with E-state index < -0.39 is 27.8 Å². The fourth-order valence-electron chi connectivity index (χ4n) is 2.15. The molecule has 0 aromatic carbocycles. The largest absolute Gasteiger partial charge is 0.481 e. The molecule has 1 atom stereocenters. The molecule has 1 saturated heterocycles. The number of carbonyl (C=O) groups excluding carboxylic acids is 1. The van der Waals surface area contributed by atoms with E-state index in [1.165, 1.54) is 12.0 Å². The standard InChI is InChI=1S/C12H22N2O6S/c1-20-6-3-7-21(18,19)13-8-11(15)14-5-2-4-10(9-14)12(16)17/h10,13H,2-9H2,1H3,(H,16,17). The molecular formula is C12H22N2O6S. The quantitative estimate of drug-likeness (QED) is 0.569. The Bertz CT molecular complexity index is 464. The number of amides is 1. The average molecular weight is 322 g/mol. The van der Waals surface area contributed by atoms with E-state index >= 15 is 0 Å². The molecule has 0 aliphatic carbocycles. The van der Waals surface area contributed by atoms with Gasteiger partial charge in [-0.25, -0.2) is 13.1 Å². The van der Waals surface area contributed by atoms with Crippen molar-refractivity contribution >= 4 is 21.9 Å². The van der Waals surface area contributed by atoms with Crippen molar-refractivity contribution < 1.29 is 27.9 Å². The van der Waals surface area contributed by atoms with Gasteiger partial charge in [0.05, 0.1) is 18.2 Å². The van der Waals surface area contributed by atoms with Gasteiger partial charge in [0.2, 0.25) is 15.9 Å².